The summed E-state index contributed by atoms with van der Waals surface area (Å²) in [5.74, 6) is 0.588. The Morgan fingerprint density at radius 2 is 1.92 bits per heavy atom. The molecule has 0 fully saturated rings. The first-order valence-corrected chi connectivity index (χ1v) is 7.68. The van der Waals surface area contributed by atoms with Crippen LogP contribution in [-0.4, -0.2) is 26.7 Å². The fourth-order valence-electron chi connectivity index (χ4n) is 2.79. The van der Waals surface area contributed by atoms with E-state index in [4.69, 9.17) is 9.84 Å². The standard InChI is InChI=1S/C19H16N4O/c1-13-6-5-7-15(21-13)19-18(14-9-10-17(24-2)20-12-14)16-8-3-4-11-23(16)22-19/h3-12H,1-2H3. The number of aromatic nitrogens is 4. The van der Waals surface area contributed by atoms with E-state index in [-0.39, 0.29) is 0 Å². The van der Waals surface area contributed by atoms with Crippen molar-refractivity contribution in [2.24, 2.45) is 0 Å². The van der Waals surface area contributed by atoms with Crippen LogP contribution in [0.2, 0.25) is 0 Å². The van der Waals surface area contributed by atoms with Crippen LogP contribution < -0.4 is 4.74 Å². The molecule has 4 aromatic heterocycles. The first-order valence-electron chi connectivity index (χ1n) is 7.68. The number of methoxy groups -OCH3 is 1. The van der Waals surface area contributed by atoms with Crippen molar-refractivity contribution in [1.29, 1.82) is 0 Å². The fraction of sp³-hybridized carbons (Fsp3) is 0.105. The maximum atomic E-state index is 5.16. The van der Waals surface area contributed by atoms with E-state index in [2.05, 4.69) is 9.97 Å². The van der Waals surface area contributed by atoms with Crippen LogP contribution in [0.5, 0.6) is 5.88 Å². The Hall–Kier alpha value is -3.21. The lowest BCUT2D eigenvalue weighted by molar-refractivity contribution is 0.398. The zero-order valence-corrected chi connectivity index (χ0v) is 13.5. The number of hydrogen-bond acceptors (Lipinski definition) is 4. The summed E-state index contributed by atoms with van der Waals surface area (Å²) in [5.41, 5.74) is 5.67. The molecule has 4 aromatic rings. The molecular formula is C19H16N4O. The van der Waals surface area contributed by atoms with Gasteiger partial charge in [0.05, 0.1) is 18.3 Å². The summed E-state index contributed by atoms with van der Waals surface area (Å²) in [6.07, 6.45) is 3.75. The zero-order chi connectivity index (χ0) is 16.5. The van der Waals surface area contributed by atoms with Crippen molar-refractivity contribution in [3.63, 3.8) is 0 Å². The van der Waals surface area contributed by atoms with E-state index in [1.807, 2.05) is 72.4 Å². The Morgan fingerprint density at radius 1 is 1.00 bits per heavy atom. The van der Waals surface area contributed by atoms with Gasteiger partial charge in [-0.2, -0.15) is 5.10 Å². The highest BCUT2D eigenvalue weighted by molar-refractivity contribution is 5.91. The summed E-state index contributed by atoms with van der Waals surface area (Å²) in [4.78, 5) is 8.97. The molecule has 4 heterocycles. The quantitative estimate of drug-likeness (QED) is 0.577. The number of rotatable bonds is 3. The van der Waals surface area contributed by atoms with Crippen LogP contribution in [0.25, 0.3) is 28.0 Å². The zero-order valence-electron chi connectivity index (χ0n) is 13.5. The van der Waals surface area contributed by atoms with Crippen LogP contribution in [0.15, 0.2) is 60.9 Å². The number of nitrogens with zero attached hydrogens (tertiary/aromatic N) is 4. The van der Waals surface area contributed by atoms with E-state index in [0.29, 0.717) is 5.88 Å². The molecule has 0 aliphatic rings. The lowest BCUT2D eigenvalue weighted by Crippen LogP contribution is -1.90. The average molecular weight is 316 g/mol. The lowest BCUT2D eigenvalue weighted by Gasteiger charge is -2.05. The number of ether oxygens (including phenoxy) is 1. The van der Waals surface area contributed by atoms with E-state index in [9.17, 15) is 0 Å². The molecule has 0 saturated carbocycles. The lowest BCUT2D eigenvalue weighted by atomic mass is 10.0. The van der Waals surface area contributed by atoms with Gasteiger partial charge >= 0.3 is 0 Å². The molecule has 0 unspecified atom stereocenters. The van der Waals surface area contributed by atoms with E-state index in [1.54, 1.807) is 7.11 Å². The highest BCUT2D eigenvalue weighted by atomic mass is 16.5. The minimum atomic E-state index is 0.588. The van der Waals surface area contributed by atoms with Gasteiger partial charge < -0.3 is 4.74 Å². The van der Waals surface area contributed by atoms with Gasteiger partial charge in [0, 0.05) is 35.3 Å². The second-order valence-electron chi connectivity index (χ2n) is 5.51. The van der Waals surface area contributed by atoms with Crippen molar-refractivity contribution in [2.45, 2.75) is 6.92 Å². The SMILES string of the molecule is COc1ccc(-c2c(-c3cccc(C)n3)nn3ccccc23)cn1. The van der Waals surface area contributed by atoms with Crippen LogP contribution >= 0.6 is 0 Å². The van der Waals surface area contributed by atoms with Gasteiger partial charge in [-0.05, 0) is 37.3 Å². The number of hydrogen-bond donors (Lipinski definition) is 0. The smallest absolute Gasteiger partial charge is 0.212 e. The predicted octanol–water partition coefficient (Wildman–Crippen LogP) is 3.78. The summed E-state index contributed by atoms with van der Waals surface area (Å²) in [6, 6.07) is 15.8. The van der Waals surface area contributed by atoms with Gasteiger partial charge in [-0.3, -0.25) is 4.98 Å². The third-order valence-electron chi connectivity index (χ3n) is 3.91. The molecule has 0 radical (unpaired) electrons. The van der Waals surface area contributed by atoms with Crippen LogP contribution in [0.4, 0.5) is 0 Å². The molecule has 5 nitrogen and oxygen atoms in total. The number of aryl methyl sites for hydroxylation is 1. The topological polar surface area (TPSA) is 52.3 Å². The van der Waals surface area contributed by atoms with Crippen LogP contribution in [0, 0.1) is 6.92 Å². The summed E-state index contributed by atoms with van der Waals surface area (Å²) < 4.78 is 7.03. The summed E-state index contributed by atoms with van der Waals surface area (Å²) in [7, 11) is 1.61. The molecule has 24 heavy (non-hydrogen) atoms. The monoisotopic (exact) mass is 316 g/mol. The van der Waals surface area contributed by atoms with Crippen LogP contribution in [0.3, 0.4) is 0 Å². The molecule has 0 spiro atoms. The van der Waals surface area contributed by atoms with E-state index >= 15 is 0 Å². The van der Waals surface area contributed by atoms with E-state index in [1.165, 1.54) is 0 Å². The Balaban J connectivity index is 1.99. The van der Waals surface area contributed by atoms with Crippen molar-refractivity contribution < 1.29 is 4.74 Å². The van der Waals surface area contributed by atoms with E-state index in [0.717, 1.165) is 33.7 Å². The first kappa shape index (κ1) is 14.4. The Kier molecular flexibility index (Phi) is 3.46. The second kappa shape index (κ2) is 5.77. The predicted molar refractivity (Wildman–Crippen MR) is 92.9 cm³/mol. The van der Waals surface area contributed by atoms with E-state index < -0.39 is 0 Å². The van der Waals surface area contributed by atoms with Gasteiger partial charge in [0.2, 0.25) is 5.88 Å². The maximum Gasteiger partial charge on any atom is 0.212 e. The number of fused-ring (bicyclic) bond motifs is 1. The highest BCUT2D eigenvalue weighted by Gasteiger charge is 2.17. The molecule has 0 atom stereocenters. The summed E-state index contributed by atoms with van der Waals surface area (Å²) >= 11 is 0. The molecule has 0 aliphatic heterocycles. The molecular weight excluding hydrogens is 300 g/mol. The summed E-state index contributed by atoms with van der Waals surface area (Å²) in [6.45, 7) is 1.98. The minimum absolute atomic E-state index is 0.588. The Bertz CT molecular complexity index is 1010. The van der Waals surface area contributed by atoms with Crippen LogP contribution in [-0.2, 0) is 0 Å². The highest BCUT2D eigenvalue weighted by Crippen LogP contribution is 2.34. The molecule has 118 valence electrons. The van der Waals surface area contributed by atoms with Gasteiger partial charge in [-0.15, -0.1) is 0 Å². The van der Waals surface area contributed by atoms with Gasteiger partial charge in [-0.25, -0.2) is 9.50 Å². The molecule has 5 heteroatoms. The minimum Gasteiger partial charge on any atom is -0.481 e. The third kappa shape index (κ3) is 2.40. The Labute approximate surface area is 139 Å². The third-order valence-corrected chi connectivity index (χ3v) is 3.91. The molecule has 0 saturated heterocycles. The normalized spacial score (nSPS) is 10.9. The van der Waals surface area contributed by atoms with Crippen molar-refractivity contribution in [2.75, 3.05) is 7.11 Å². The van der Waals surface area contributed by atoms with Crippen molar-refractivity contribution in [1.82, 2.24) is 19.6 Å². The molecule has 0 aliphatic carbocycles. The van der Waals surface area contributed by atoms with Crippen molar-refractivity contribution in [3.05, 3.63) is 66.6 Å². The first-order chi connectivity index (χ1) is 11.8. The summed E-state index contributed by atoms with van der Waals surface area (Å²) in [5, 5.41) is 4.74. The molecule has 0 bridgehead atoms. The van der Waals surface area contributed by atoms with Gasteiger partial charge in [0.1, 0.15) is 5.69 Å². The molecule has 0 aromatic carbocycles. The van der Waals surface area contributed by atoms with Crippen molar-refractivity contribution >= 4 is 5.52 Å². The largest absolute Gasteiger partial charge is 0.481 e. The molecule has 4 rings (SSSR count). The average Bonchev–Trinajstić information content (AvgIpc) is 3.01. The molecule has 0 amide bonds. The molecule has 0 N–H and O–H groups in total. The number of pyridine rings is 3. The van der Waals surface area contributed by atoms with Gasteiger partial charge in [0.25, 0.3) is 0 Å². The fourth-order valence-corrected chi connectivity index (χ4v) is 2.79. The maximum absolute atomic E-state index is 5.16. The second-order valence-corrected chi connectivity index (χ2v) is 5.51. The van der Waals surface area contributed by atoms with Crippen LogP contribution in [0.1, 0.15) is 5.69 Å². The van der Waals surface area contributed by atoms with Gasteiger partial charge in [0.15, 0.2) is 0 Å². The van der Waals surface area contributed by atoms with Gasteiger partial charge in [-0.1, -0.05) is 12.1 Å². The van der Waals surface area contributed by atoms with Crippen molar-refractivity contribution in [3.8, 4) is 28.4 Å². The Morgan fingerprint density at radius 3 is 2.67 bits per heavy atom.